The molecule has 0 bridgehead atoms. The molecule has 3 N–H and O–H groups in total. The van der Waals surface area contributed by atoms with Gasteiger partial charge in [-0.25, -0.2) is 8.42 Å². The first-order chi connectivity index (χ1) is 9.36. The molecule has 2 unspecified atom stereocenters. The maximum absolute atomic E-state index is 12.6. The van der Waals surface area contributed by atoms with Crippen molar-refractivity contribution >= 4 is 15.7 Å². The summed E-state index contributed by atoms with van der Waals surface area (Å²) >= 11 is 0. The van der Waals surface area contributed by atoms with Gasteiger partial charge >= 0.3 is 0 Å². The Bertz CT molecular complexity index is 651. The van der Waals surface area contributed by atoms with Gasteiger partial charge in [-0.3, -0.25) is 0 Å². The van der Waals surface area contributed by atoms with Crippen molar-refractivity contribution in [3.63, 3.8) is 0 Å². The van der Waals surface area contributed by atoms with Gasteiger partial charge in [0.05, 0.1) is 11.7 Å². The van der Waals surface area contributed by atoms with Gasteiger partial charge in [-0.2, -0.15) is 9.57 Å². The first-order valence-electron chi connectivity index (χ1n) is 6.34. The number of aliphatic hydroxyl groups is 1. The normalized spacial score (nSPS) is 24.2. The Morgan fingerprint density at radius 2 is 2.20 bits per heavy atom. The molecule has 0 saturated carbocycles. The highest BCUT2D eigenvalue weighted by molar-refractivity contribution is 7.89. The predicted octanol–water partition coefficient (Wildman–Crippen LogP) is 0.532. The monoisotopic (exact) mass is 295 g/mol. The van der Waals surface area contributed by atoms with Gasteiger partial charge in [0.15, 0.2) is 0 Å². The molecule has 1 aromatic rings. The molecule has 1 fully saturated rings. The van der Waals surface area contributed by atoms with Crippen LogP contribution in [0.3, 0.4) is 0 Å². The molecular weight excluding hydrogens is 278 g/mol. The molecule has 0 radical (unpaired) electrons. The Balaban J connectivity index is 2.39. The summed E-state index contributed by atoms with van der Waals surface area (Å²) in [6.45, 7) is 2.31. The van der Waals surface area contributed by atoms with Crippen LogP contribution in [0.2, 0.25) is 0 Å². The minimum atomic E-state index is -3.73. The molecule has 1 aliphatic rings. The van der Waals surface area contributed by atoms with Crippen LogP contribution in [0.5, 0.6) is 0 Å². The summed E-state index contributed by atoms with van der Waals surface area (Å²) in [6.07, 6.45) is -0.0830. The number of nitrogen functional groups attached to an aromatic ring is 1. The Kier molecular flexibility index (Phi) is 3.99. The second kappa shape index (κ2) is 5.40. The van der Waals surface area contributed by atoms with E-state index in [1.54, 1.807) is 6.92 Å². The highest BCUT2D eigenvalue weighted by Crippen LogP contribution is 2.26. The fraction of sp³-hybridized carbons (Fsp3) is 0.462. The third-order valence-electron chi connectivity index (χ3n) is 3.56. The number of hydrogen-bond donors (Lipinski definition) is 2. The molecule has 0 aliphatic carbocycles. The fourth-order valence-corrected chi connectivity index (χ4v) is 3.99. The smallest absolute Gasteiger partial charge is 0.244 e. The minimum absolute atomic E-state index is 0.0298. The topological polar surface area (TPSA) is 107 Å². The lowest BCUT2D eigenvalue weighted by Gasteiger charge is -2.33. The van der Waals surface area contributed by atoms with E-state index in [-0.39, 0.29) is 29.5 Å². The zero-order valence-corrected chi connectivity index (χ0v) is 12.0. The van der Waals surface area contributed by atoms with Gasteiger partial charge < -0.3 is 10.8 Å². The van der Waals surface area contributed by atoms with Crippen molar-refractivity contribution in [2.45, 2.75) is 24.3 Å². The summed E-state index contributed by atoms with van der Waals surface area (Å²) < 4.78 is 26.5. The second-order valence-electron chi connectivity index (χ2n) is 5.06. The molecular formula is C13H17N3O3S. The number of hydrogen-bond acceptors (Lipinski definition) is 5. The number of piperidine rings is 1. The lowest BCUT2D eigenvalue weighted by atomic mass is 9.99. The van der Waals surface area contributed by atoms with Gasteiger partial charge in [0.1, 0.15) is 11.0 Å². The molecule has 1 saturated heterocycles. The Labute approximate surface area is 118 Å². The number of benzene rings is 1. The van der Waals surface area contributed by atoms with Crippen molar-refractivity contribution in [1.29, 1.82) is 5.26 Å². The predicted molar refractivity (Wildman–Crippen MR) is 74.1 cm³/mol. The zero-order chi connectivity index (χ0) is 14.9. The van der Waals surface area contributed by atoms with Gasteiger partial charge in [-0.05, 0) is 30.5 Å². The van der Waals surface area contributed by atoms with Gasteiger partial charge in [-0.15, -0.1) is 0 Å². The first kappa shape index (κ1) is 14.8. The van der Waals surface area contributed by atoms with Crippen LogP contribution in [0.25, 0.3) is 0 Å². The molecule has 1 aromatic carbocycles. The van der Waals surface area contributed by atoms with Gasteiger partial charge in [0.2, 0.25) is 10.0 Å². The van der Waals surface area contributed by atoms with Crippen LogP contribution >= 0.6 is 0 Å². The fourth-order valence-electron chi connectivity index (χ4n) is 2.31. The SMILES string of the molecule is CC1CN(S(=O)(=O)c2ccc(N)cc2C#N)CCC1O. The molecule has 108 valence electrons. The summed E-state index contributed by atoms with van der Waals surface area (Å²) in [6, 6.07) is 6.05. The van der Waals surface area contributed by atoms with Crippen LogP contribution in [0, 0.1) is 17.2 Å². The molecule has 0 amide bonds. The number of sulfonamides is 1. The number of aliphatic hydroxyl groups excluding tert-OH is 1. The van der Waals surface area contributed by atoms with Crippen LogP contribution in [-0.2, 0) is 10.0 Å². The number of nitriles is 1. The van der Waals surface area contributed by atoms with Crippen LogP contribution in [0.15, 0.2) is 23.1 Å². The standard InChI is InChI=1S/C13H17N3O3S/c1-9-8-16(5-4-12(9)17)20(18,19)13-3-2-11(15)6-10(13)7-14/h2-3,6,9,12,17H,4-5,8,15H2,1H3. The number of anilines is 1. The second-order valence-corrected chi connectivity index (χ2v) is 6.97. The van der Waals surface area contributed by atoms with Crippen LogP contribution in [-0.4, -0.2) is 37.0 Å². The first-order valence-corrected chi connectivity index (χ1v) is 7.78. The molecule has 1 heterocycles. The summed E-state index contributed by atoms with van der Waals surface area (Å²) in [5.74, 6) is -0.127. The van der Waals surface area contributed by atoms with E-state index in [2.05, 4.69) is 0 Å². The summed E-state index contributed by atoms with van der Waals surface area (Å²) in [7, 11) is -3.73. The molecule has 1 aliphatic heterocycles. The lowest BCUT2D eigenvalue weighted by Crippen LogP contribution is -2.45. The van der Waals surface area contributed by atoms with E-state index in [4.69, 9.17) is 11.0 Å². The van der Waals surface area contributed by atoms with Crippen LogP contribution < -0.4 is 5.73 Å². The maximum atomic E-state index is 12.6. The van der Waals surface area contributed by atoms with Crippen molar-refractivity contribution in [1.82, 2.24) is 4.31 Å². The van der Waals surface area contributed by atoms with E-state index in [1.807, 2.05) is 6.07 Å². The molecule has 2 rings (SSSR count). The quantitative estimate of drug-likeness (QED) is 0.774. The Morgan fingerprint density at radius 3 is 2.80 bits per heavy atom. The van der Waals surface area contributed by atoms with Gasteiger partial charge in [0.25, 0.3) is 0 Å². The van der Waals surface area contributed by atoms with Crippen molar-refractivity contribution < 1.29 is 13.5 Å². The lowest BCUT2D eigenvalue weighted by molar-refractivity contribution is 0.0628. The molecule has 0 aromatic heterocycles. The van der Waals surface area contributed by atoms with Crippen molar-refractivity contribution in [2.75, 3.05) is 18.8 Å². The average Bonchev–Trinajstić information content (AvgIpc) is 2.41. The van der Waals surface area contributed by atoms with Crippen molar-refractivity contribution in [2.24, 2.45) is 5.92 Å². The Morgan fingerprint density at radius 1 is 1.50 bits per heavy atom. The van der Waals surface area contributed by atoms with Crippen molar-refractivity contribution in [3.8, 4) is 6.07 Å². The molecule has 7 heteroatoms. The molecule has 2 atom stereocenters. The Hall–Kier alpha value is -1.62. The molecule has 0 spiro atoms. The van der Waals surface area contributed by atoms with E-state index in [0.29, 0.717) is 12.1 Å². The molecule has 6 nitrogen and oxygen atoms in total. The highest BCUT2D eigenvalue weighted by atomic mass is 32.2. The van der Waals surface area contributed by atoms with E-state index in [0.717, 1.165) is 0 Å². The van der Waals surface area contributed by atoms with Gasteiger partial charge in [-0.1, -0.05) is 6.92 Å². The largest absolute Gasteiger partial charge is 0.399 e. The number of nitrogens with two attached hydrogens (primary N) is 1. The van der Waals surface area contributed by atoms with Crippen molar-refractivity contribution in [3.05, 3.63) is 23.8 Å². The van der Waals surface area contributed by atoms with Gasteiger partial charge in [0, 0.05) is 18.8 Å². The highest BCUT2D eigenvalue weighted by Gasteiger charge is 2.33. The number of rotatable bonds is 2. The number of nitrogens with zero attached hydrogens (tertiary/aromatic N) is 2. The maximum Gasteiger partial charge on any atom is 0.244 e. The van der Waals surface area contributed by atoms with E-state index >= 15 is 0 Å². The summed E-state index contributed by atoms with van der Waals surface area (Å²) in [5.41, 5.74) is 5.97. The van der Waals surface area contributed by atoms with E-state index in [1.165, 1.54) is 22.5 Å². The summed E-state index contributed by atoms with van der Waals surface area (Å²) in [4.78, 5) is -0.0298. The summed E-state index contributed by atoms with van der Waals surface area (Å²) in [5, 5.41) is 18.7. The van der Waals surface area contributed by atoms with E-state index in [9.17, 15) is 13.5 Å². The minimum Gasteiger partial charge on any atom is -0.399 e. The average molecular weight is 295 g/mol. The van der Waals surface area contributed by atoms with Crippen LogP contribution in [0.4, 0.5) is 5.69 Å². The van der Waals surface area contributed by atoms with E-state index < -0.39 is 16.1 Å². The van der Waals surface area contributed by atoms with Crippen LogP contribution in [0.1, 0.15) is 18.9 Å². The zero-order valence-electron chi connectivity index (χ0n) is 11.2. The third kappa shape index (κ3) is 2.63. The molecule has 20 heavy (non-hydrogen) atoms. The third-order valence-corrected chi connectivity index (χ3v) is 5.49.